The number of carbonyl (C=O) groups excluding carboxylic acids is 2. The number of anilines is 1. The van der Waals surface area contributed by atoms with Gasteiger partial charge in [0.2, 0.25) is 5.91 Å². The summed E-state index contributed by atoms with van der Waals surface area (Å²) >= 11 is 0. The van der Waals surface area contributed by atoms with Gasteiger partial charge in [0.05, 0.1) is 16.6 Å². The van der Waals surface area contributed by atoms with Gasteiger partial charge in [-0.1, -0.05) is 13.8 Å². The van der Waals surface area contributed by atoms with Crippen LogP contribution < -0.4 is 10.1 Å². The van der Waals surface area contributed by atoms with Gasteiger partial charge in [-0.3, -0.25) is 14.9 Å². The van der Waals surface area contributed by atoms with Crippen molar-refractivity contribution < 1.29 is 19.2 Å². The highest BCUT2D eigenvalue weighted by molar-refractivity contribution is 5.94. The summed E-state index contributed by atoms with van der Waals surface area (Å²) in [4.78, 5) is 34.1. The fourth-order valence-electron chi connectivity index (χ4n) is 1.95. The van der Waals surface area contributed by atoms with Crippen LogP contribution in [-0.4, -0.2) is 16.8 Å². The Morgan fingerprint density at radius 1 is 1.12 bits per heavy atom. The van der Waals surface area contributed by atoms with Gasteiger partial charge in [-0.05, 0) is 42.8 Å². The first kappa shape index (κ1) is 18.1. The number of non-ortho nitro benzene ring substituents is 1. The molecule has 130 valence electrons. The number of ether oxygens (including phenoxy) is 1. The van der Waals surface area contributed by atoms with Crippen molar-refractivity contribution in [1.29, 1.82) is 0 Å². The average Bonchev–Trinajstić information content (AvgIpc) is 2.57. The molecular formula is C18H18N2O5. The quantitative estimate of drug-likeness (QED) is 0.386. The summed E-state index contributed by atoms with van der Waals surface area (Å²) in [6, 6.07) is 10.3. The highest BCUT2D eigenvalue weighted by Gasteiger charge is 2.15. The molecule has 0 aliphatic heterocycles. The number of benzene rings is 2. The summed E-state index contributed by atoms with van der Waals surface area (Å²) in [5, 5.41) is 13.5. The molecule has 1 amide bonds. The van der Waals surface area contributed by atoms with Gasteiger partial charge >= 0.3 is 5.97 Å². The van der Waals surface area contributed by atoms with Crippen LogP contribution in [0.5, 0.6) is 5.75 Å². The molecule has 0 aromatic heterocycles. The third kappa shape index (κ3) is 4.63. The van der Waals surface area contributed by atoms with Crippen LogP contribution in [0.2, 0.25) is 0 Å². The van der Waals surface area contributed by atoms with E-state index in [0.717, 1.165) is 0 Å². The Kier molecular flexibility index (Phi) is 5.49. The van der Waals surface area contributed by atoms with Crippen LogP contribution in [-0.2, 0) is 4.79 Å². The predicted octanol–water partition coefficient (Wildman–Crippen LogP) is 3.72. The van der Waals surface area contributed by atoms with Crippen molar-refractivity contribution in [3.8, 4) is 5.75 Å². The normalized spacial score (nSPS) is 10.4. The molecule has 0 aliphatic carbocycles. The molecule has 0 unspecified atom stereocenters. The van der Waals surface area contributed by atoms with Crippen LogP contribution in [0.3, 0.4) is 0 Å². The lowest BCUT2D eigenvalue weighted by molar-refractivity contribution is -0.384. The average molecular weight is 342 g/mol. The van der Waals surface area contributed by atoms with Gasteiger partial charge in [0.15, 0.2) is 0 Å². The molecule has 2 rings (SSSR count). The fourth-order valence-corrected chi connectivity index (χ4v) is 1.95. The third-order valence-electron chi connectivity index (χ3n) is 3.50. The first-order valence-corrected chi connectivity index (χ1v) is 7.66. The molecule has 0 heterocycles. The molecule has 1 N–H and O–H groups in total. The molecule has 0 saturated heterocycles. The molecule has 25 heavy (non-hydrogen) atoms. The molecule has 0 fully saturated rings. The lowest BCUT2D eigenvalue weighted by atomic mass is 10.1. The van der Waals surface area contributed by atoms with Crippen molar-refractivity contribution in [3.63, 3.8) is 0 Å². The topological polar surface area (TPSA) is 98.5 Å². The van der Waals surface area contributed by atoms with Crippen LogP contribution in [0.15, 0.2) is 42.5 Å². The maximum Gasteiger partial charge on any atom is 0.343 e. The first-order chi connectivity index (χ1) is 11.8. The van der Waals surface area contributed by atoms with Crippen LogP contribution in [0.4, 0.5) is 11.4 Å². The Hall–Kier alpha value is -3.22. The number of esters is 1. The van der Waals surface area contributed by atoms with Crippen LogP contribution >= 0.6 is 0 Å². The summed E-state index contributed by atoms with van der Waals surface area (Å²) in [7, 11) is 0. The SMILES string of the molecule is Cc1ccc([N+](=O)[O-])cc1OC(=O)c1ccc(NC(=O)C(C)C)cc1. The molecular weight excluding hydrogens is 324 g/mol. The number of rotatable bonds is 5. The van der Waals surface area contributed by atoms with Crippen molar-refractivity contribution in [2.75, 3.05) is 5.32 Å². The predicted molar refractivity (Wildman–Crippen MR) is 92.7 cm³/mol. The van der Waals surface area contributed by atoms with Gasteiger partial charge in [0.25, 0.3) is 5.69 Å². The number of nitrogens with zero attached hydrogens (tertiary/aromatic N) is 1. The Morgan fingerprint density at radius 3 is 2.32 bits per heavy atom. The number of hydrogen-bond donors (Lipinski definition) is 1. The van der Waals surface area contributed by atoms with Gasteiger partial charge in [0.1, 0.15) is 5.75 Å². The van der Waals surface area contributed by atoms with Gasteiger partial charge in [0, 0.05) is 17.7 Å². The zero-order valence-electron chi connectivity index (χ0n) is 14.1. The summed E-state index contributed by atoms with van der Waals surface area (Å²) in [5.74, 6) is -0.772. The van der Waals surface area contributed by atoms with Gasteiger partial charge < -0.3 is 10.1 Å². The van der Waals surface area contributed by atoms with Crippen LogP contribution in [0.1, 0.15) is 29.8 Å². The molecule has 7 nitrogen and oxygen atoms in total. The van der Waals surface area contributed by atoms with Gasteiger partial charge in [-0.25, -0.2) is 4.79 Å². The van der Waals surface area contributed by atoms with Crippen molar-refractivity contribution in [2.45, 2.75) is 20.8 Å². The maximum absolute atomic E-state index is 12.2. The molecule has 0 aliphatic rings. The molecule has 0 bridgehead atoms. The number of nitrogens with one attached hydrogen (secondary N) is 1. The summed E-state index contributed by atoms with van der Waals surface area (Å²) in [5.41, 5.74) is 1.30. The first-order valence-electron chi connectivity index (χ1n) is 7.66. The minimum atomic E-state index is -0.634. The molecule has 0 saturated carbocycles. The van der Waals surface area contributed by atoms with Crippen molar-refractivity contribution in [3.05, 3.63) is 63.7 Å². The van der Waals surface area contributed by atoms with Gasteiger partial charge in [-0.15, -0.1) is 0 Å². The standard InChI is InChI=1S/C18H18N2O5/c1-11(2)17(21)19-14-7-5-13(6-8-14)18(22)25-16-10-15(20(23)24)9-4-12(16)3/h4-11H,1-3H3,(H,19,21). The van der Waals surface area contributed by atoms with E-state index in [-0.39, 0.29) is 28.8 Å². The van der Waals surface area contributed by atoms with Crippen molar-refractivity contribution in [1.82, 2.24) is 0 Å². The van der Waals surface area contributed by atoms with E-state index in [1.165, 1.54) is 30.3 Å². The van der Waals surface area contributed by atoms with E-state index in [1.54, 1.807) is 32.9 Å². The highest BCUT2D eigenvalue weighted by Crippen LogP contribution is 2.25. The van der Waals surface area contributed by atoms with Crippen molar-refractivity contribution >= 4 is 23.3 Å². The lowest BCUT2D eigenvalue weighted by Gasteiger charge is -2.09. The van der Waals surface area contributed by atoms with E-state index in [9.17, 15) is 19.7 Å². The minimum Gasteiger partial charge on any atom is -0.422 e. The number of amides is 1. The number of nitro groups is 1. The molecule has 0 atom stereocenters. The largest absolute Gasteiger partial charge is 0.422 e. The van der Waals surface area contributed by atoms with E-state index in [4.69, 9.17) is 4.74 Å². The van der Waals surface area contributed by atoms with Gasteiger partial charge in [-0.2, -0.15) is 0 Å². The third-order valence-corrected chi connectivity index (χ3v) is 3.50. The number of carbonyl (C=O) groups is 2. The fraction of sp³-hybridized carbons (Fsp3) is 0.222. The van der Waals surface area contributed by atoms with Crippen molar-refractivity contribution in [2.24, 2.45) is 5.92 Å². The van der Waals surface area contributed by atoms with Crippen LogP contribution in [0.25, 0.3) is 0 Å². The van der Waals surface area contributed by atoms with E-state index >= 15 is 0 Å². The van der Waals surface area contributed by atoms with E-state index in [0.29, 0.717) is 11.3 Å². The summed E-state index contributed by atoms with van der Waals surface area (Å²) in [6.45, 7) is 5.25. The number of aryl methyl sites for hydroxylation is 1. The number of hydrogen-bond acceptors (Lipinski definition) is 5. The van der Waals surface area contributed by atoms with Crippen LogP contribution in [0, 0.1) is 23.0 Å². The second kappa shape index (κ2) is 7.57. The summed E-state index contributed by atoms with van der Waals surface area (Å²) < 4.78 is 5.25. The molecule has 0 radical (unpaired) electrons. The number of nitro benzene ring substituents is 1. The monoisotopic (exact) mass is 342 g/mol. The Labute approximate surface area is 144 Å². The van der Waals surface area contributed by atoms with E-state index < -0.39 is 10.9 Å². The Morgan fingerprint density at radius 2 is 1.76 bits per heavy atom. The minimum absolute atomic E-state index is 0.123. The highest BCUT2D eigenvalue weighted by atomic mass is 16.6. The smallest absolute Gasteiger partial charge is 0.343 e. The second-order valence-electron chi connectivity index (χ2n) is 5.82. The Balaban J connectivity index is 2.12. The zero-order chi connectivity index (χ0) is 18.6. The van der Waals surface area contributed by atoms with E-state index in [1.807, 2.05) is 0 Å². The Bertz CT molecular complexity index is 813. The molecule has 0 spiro atoms. The van der Waals surface area contributed by atoms with E-state index in [2.05, 4.69) is 5.32 Å². The lowest BCUT2D eigenvalue weighted by Crippen LogP contribution is -2.17. The molecule has 2 aromatic rings. The zero-order valence-corrected chi connectivity index (χ0v) is 14.1. The molecule has 2 aromatic carbocycles. The maximum atomic E-state index is 12.2. The molecule has 7 heteroatoms. The summed E-state index contributed by atoms with van der Waals surface area (Å²) in [6.07, 6.45) is 0. The second-order valence-corrected chi connectivity index (χ2v) is 5.82.